The first kappa shape index (κ1) is 20.2. The highest BCUT2D eigenvalue weighted by molar-refractivity contribution is 7.10. The number of nitrogens with one attached hydrogen (secondary N) is 1. The molecule has 0 bridgehead atoms. The summed E-state index contributed by atoms with van der Waals surface area (Å²) in [7, 11) is 0. The summed E-state index contributed by atoms with van der Waals surface area (Å²) in [6, 6.07) is 5.55. The van der Waals surface area contributed by atoms with Gasteiger partial charge in [0, 0.05) is 17.5 Å². The fourth-order valence-electron chi connectivity index (χ4n) is 4.26. The maximum Gasteiger partial charge on any atom is 0.416 e. The predicted octanol–water partition coefficient (Wildman–Crippen LogP) is 4.30. The van der Waals surface area contributed by atoms with E-state index in [9.17, 15) is 18.0 Å². The van der Waals surface area contributed by atoms with Crippen molar-refractivity contribution in [2.75, 3.05) is 18.4 Å². The molecule has 6 nitrogen and oxygen atoms in total. The summed E-state index contributed by atoms with van der Waals surface area (Å²) in [5.74, 6) is 0.200. The number of halogens is 3. The van der Waals surface area contributed by atoms with E-state index in [1.165, 1.54) is 33.8 Å². The molecule has 1 aliphatic heterocycles. The zero-order valence-corrected chi connectivity index (χ0v) is 17.3. The van der Waals surface area contributed by atoms with Gasteiger partial charge in [-0.1, -0.05) is 0 Å². The molecular formula is C21H20F3N5OS. The molecule has 162 valence electrons. The molecule has 0 spiro atoms. The number of nitrogens with zero attached hydrogens (tertiary/aromatic N) is 4. The minimum Gasteiger partial charge on any atom is -0.323 e. The molecule has 2 aromatic heterocycles. The Balaban J connectivity index is 1.39. The van der Waals surface area contributed by atoms with E-state index in [1.807, 2.05) is 0 Å². The Morgan fingerprint density at radius 2 is 2.10 bits per heavy atom. The molecule has 1 aliphatic carbocycles. The number of thiophene rings is 1. The summed E-state index contributed by atoms with van der Waals surface area (Å²) in [6.45, 7) is 0.893. The number of fused-ring (bicyclic) bond motifs is 1. The minimum absolute atomic E-state index is 0.0570. The second-order valence-corrected chi connectivity index (χ2v) is 8.92. The zero-order valence-electron chi connectivity index (χ0n) is 16.5. The van der Waals surface area contributed by atoms with Crippen LogP contribution in [0.4, 0.5) is 18.9 Å². The third kappa shape index (κ3) is 4.09. The molecule has 1 unspecified atom stereocenters. The van der Waals surface area contributed by atoms with Crippen molar-refractivity contribution in [2.45, 2.75) is 31.5 Å². The average Bonchev–Trinajstić information content (AvgIpc) is 3.21. The quantitative estimate of drug-likeness (QED) is 0.634. The van der Waals surface area contributed by atoms with Gasteiger partial charge in [-0.05, 0) is 60.4 Å². The third-order valence-corrected chi connectivity index (χ3v) is 6.79. The molecule has 2 aliphatic rings. The van der Waals surface area contributed by atoms with Crippen molar-refractivity contribution in [1.82, 2.24) is 19.7 Å². The molecule has 31 heavy (non-hydrogen) atoms. The van der Waals surface area contributed by atoms with Crippen molar-refractivity contribution >= 4 is 22.9 Å². The van der Waals surface area contributed by atoms with Gasteiger partial charge in [-0.3, -0.25) is 9.69 Å². The number of alkyl halides is 3. The Kier molecular flexibility index (Phi) is 5.05. The van der Waals surface area contributed by atoms with Gasteiger partial charge in [0.1, 0.15) is 12.7 Å². The molecule has 3 aromatic rings. The van der Waals surface area contributed by atoms with Crippen molar-refractivity contribution in [3.05, 3.63) is 58.3 Å². The molecule has 0 radical (unpaired) electrons. The number of aromatic nitrogens is 3. The summed E-state index contributed by atoms with van der Waals surface area (Å²) in [6.07, 6.45) is 1.32. The molecule has 5 rings (SSSR count). The molecule has 0 saturated heterocycles. The normalized spacial score (nSPS) is 19.3. The molecular weight excluding hydrogens is 427 g/mol. The summed E-state index contributed by atoms with van der Waals surface area (Å²) < 4.78 is 41.1. The van der Waals surface area contributed by atoms with Crippen molar-refractivity contribution in [1.29, 1.82) is 0 Å². The van der Waals surface area contributed by atoms with Crippen LogP contribution < -0.4 is 5.32 Å². The van der Waals surface area contributed by atoms with E-state index < -0.39 is 11.7 Å². The summed E-state index contributed by atoms with van der Waals surface area (Å²) in [4.78, 5) is 20.3. The van der Waals surface area contributed by atoms with Crippen LogP contribution >= 0.6 is 11.3 Å². The molecule has 1 saturated carbocycles. The van der Waals surface area contributed by atoms with Crippen LogP contribution in [-0.2, 0) is 17.4 Å². The van der Waals surface area contributed by atoms with Gasteiger partial charge in [0.2, 0.25) is 5.91 Å². The highest BCUT2D eigenvalue weighted by Crippen LogP contribution is 2.48. The van der Waals surface area contributed by atoms with Gasteiger partial charge in [0.05, 0.1) is 23.5 Å². The van der Waals surface area contributed by atoms with Crippen LogP contribution in [0.3, 0.4) is 0 Å². The molecule has 3 heterocycles. The standard InChI is InChI=1S/C21H20F3N5OS/c22-21(23,24)14-3-4-17(29-12-25-11-26-29)16(9-14)27-19(30)10-28-7-5-18-15(6-8-31-18)20(28)13-1-2-13/h3-4,6,8-9,11-13,20H,1-2,5,7,10H2,(H,27,30). The summed E-state index contributed by atoms with van der Waals surface area (Å²) in [5.41, 5.74) is 0.857. The first-order valence-electron chi connectivity index (χ1n) is 10.1. The zero-order chi connectivity index (χ0) is 21.6. The van der Waals surface area contributed by atoms with E-state index in [0.717, 1.165) is 37.9 Å². The van der Waals surface area contributed by atoms with E-state index >= 15 is 0 Å². The fourth-order valence-corrected chi connectivity index (χ4v) is 5.17. The second kappa shape index (κ2) is 7.76. The fraction of sp³-hybridized carbons (Fsp3) is 0.381. The van der Waals surface area contributed by atoms with Gasteiger partial charge >= 0.3 is 6.18 Å². The summed E-state index contributed by atoms with van der Waals surface area (Å²) >= 11 is 1.75. The number of benzene rings is 1. The Morgan fingerprint density at radius 3 is 2.81 bits per heavy atom. The number of carbonyl (C=O) groups excluding carboxylic acids is 1. The third-order valence-electron chi connectivity index (χ3n) is 5.80. The maximum absolute atomic E-state index is 13.3. The predicted molar refractivity (Wildman–Crippen MR) is 110 cm³/mol. The number of anilines is 1. The first-order valence-corrected chi connectivity index (χ1v) is 10.9. The largest absolute Gasteiger partial charge is 0.416 e. The van der Waals surface area contributed by atoms with Crippen molar-refractivity contribution in [2.24, 2.45) is 5.92 Å². The molecule has 1 aromatic carbocycles. The van der Waals surface area contributed by atoms with Gasteiger partial charge in [0.15, 0.2) is 0 Å². The Hall–Kier alpha value is -2.72. The van der Waals surface area contributed by atoms with E-state index in [1.54, 1.807) is 11.3 Å². The van der Waals surface area contributed by atoms with Crippen LogP contribution in [0.25, 0.3) is 5.69 Å². The average molecular weight is 447 g/mol. The number of hydrogen-bond acceptors (Lipinski definition) is 5. The lowest BCUT2D eigenvalue weighted by Gasteiger charge is -2.35. The van der Waals surface area contributed by atoms with Crippen LogP contribution in [0.2, 0.25) is 0 Å². The SMILES string of the molecule is O=C(CN1CCc2sccc2C1C1CC1)Nc1cc(C(F)(F)F)ccc1-n1cncn1. The van der Waals surface area contributed by atoms with E-state index in [0.29, 0.717) is 11.6 Å². The van der Waals surface area contributed by atoms with Crippen LogP contribution in [0, 0.1) is 5.92 Å². The van der Waals surface area contributed by atoms with Gasteiger partial charge in [-0.2, -0.15) is 18.3 Å². The Morgan fingerprint density at radius 1 is 1.26 bits per heavy atom. The smallest absolute Gasteiger partial charge is 0.323 e. The van der Waals surface area contributed by atoms with Crippen LogP contribution in [0.1, 0.15) is 34.9 Å². The number of carbonyl (C=O) groups is 1. The lowest BCUT2D eigenvalue weighted by atomic mass is 9.96. The van der Waals surface area contributed by atoms with Gasteiger partial charge in [-0.25, -0.2) is 9.67 Å². The maximum atomic E-state index is 13.3. The van der Waals surface area contributed by atoms with Gasteiger partial charge in [-0.15, -0.1) is 11.3 Å². The molecule has 1 atom stereocenters. The highest BCUT2D eigenvalue weighted by Gasteiger charge is 2.40. The van der Waals surface area contributed by atoms with E-state index in [4.69, 9.17) is 0 Å². The lowest BCUT2D eigenvalue weighted by Crippen LogP contribution is -2.41. The molecule has 10 heteroatoms. The number of amides is 1. The Labute approximate surface area is 180 Å². The van der Waals surface area contributed by atoms with Gasteiger partial charge < -0.3 is 5.32 Å². The minimum atomic E-state index is -4.51. The second-order valence-electron chi connectivity index (χ2n) is 7.92. The van der Waals surface area contributed by atoms with Crippen LogP contribution in [0.5, 0.6) is 0 Å². The van der Waals surface area contributed by atoms with Gasteiger partial charge in [0.25, 0.3) is 0 Å². The molecule has 1 N–H and O–H groups in total. The van der Waals surface area contributed by atoms with Crippen molar-refractivity contribution < 1.29 is 18.0 Å². The monoisotopic (exact) mass is 447 g/mol. The lowest BCUT2D eigenvalue weighted by molar-refractivity contribution is -0.137. The number of rotatable bonds is 5. The van der Waals surface area contributed by atoms with Crippen LogP contribution in [0.15, 0.2) is 42.3 Å². The Bertz CT molecular complexity index is 1090. The summed E-state index contributed by atoms with van der Waals surface area (Å²) in [5, 5.41) is 8.77. The van der Waals surface area contributed by atoms with E-state index in [-0.39, 0.29) is 24.2 Å². The number of hydrogen-bond donors (Lipinski definition) is 1. The highest BCUT2D eigenvalue weighted by atomic mass is 32.1. The van der Waals surface area contributed by atoms with Crippen molar-refractivity contribution in [3.63, 3.8) is 0 Å². The van der Waals surface area contributed by atoms with Crippen LogP contribution in [-0.4, -0.2) is 38.7 Å². The van der Waals surface area contributed by atoms with E-state index in [2.05, 4.69) is 31.7 Å². The van der Waals surface area contributed by atoms with Crippen molar-refractivity contribution in [3.8, 4) is 5.69 Å². The topological polar surface area (TPSA) is 63.1 Å². The first-order chi connectivity index (χ1) is 14.9. The molecule has 1 fully saturated rings. The molecule has 1 amide bonds.